The van der Waals surface area contributed by atoms with Gasteiger partial charge in [-0.1, -0.05) is 54.1 Å². The quantitative estimate of drug-likeness (QED) is 0.430. The van der Waals surface area contributed by atoms with Crippen LogP contribution in [-0.4, -0.2) is 24.3 Å². The molecule has 27 heavy (non-hydrogen) atoms. The van der Waals surface area contributed by atoms with Crippen LogP contribution in [0.25, 0.3) is 6.08 Å². The van der Waals surface area contributed by atoms with Crippen molar-refractivity contribution in [3.05, 3.63) is 95.3 Å². The minimum Gasteiger partial charge on any atom is -0.468 e. The molecule has 0 saturated heterocycles. The summed E-state index contributed by atoms with van der Waals surface area (Å²) in [7, 11) is 1.59. The molecule has 4 heteroatoms. The van der Waals surface area contributed by atoms with Crippen LogP contribution in [0.2, 0.25) is 0 Å². The van der Waals surface area contributed by atoms with Crippen LogP contribution in [0.4, 0.5) is 0 Å². The molecule has 1 aromatic heterocycles. The van der Waals surface area contributed by atoms with Crippen molar-refractivity contribution < 1.29 is 14.3 Å². The largest absolute Gasteiger partial charge is 0.468 e. The van der Waals surface area contributed by atoms with Gasteiger partial charge in [0.05, 0.1) is 5.69 Å². The molecule has 3 rings (SSSR count). The van der Waals surface area contributed by atoms with Gasteiger partial charge in [0.2, 0.25) is 5.78 Å². The molecule has 0 amide bonds. The van der Waals surface area contributed by atoms with Gasteiger partial charge in [-0.05, 0) is 36.8 Å². The Morgan fingerprint density at radius 1 is 1.07 bits per heavy atom. The van der Waals surface area contributed by atoms with Crippen molar-refractivity contribution in [3.63, 3.8) is 0 Å². The topological polar surface area (TPSA) is 40.5 Å². The molecule has 2 aromatic carbocycles. The van der Waals surface area contributed by atoms with Crippen LogP contribution in [0.3, 0.4) is 0 Å². The van der Waals surface area contributed by atoms with E-state index in [4.69, 9.17) is 9.47 Å². The highest BCUT2D eigenvalue weighted by Crippen LogP contribution is 2.16. The number of nitrogens with zero attached hydrogens (tertiary/aromatic N) is 1. The standard InChI is InChI=1S/C23H23NO3/c1-18-10-12-20(13-11-18)23(25)22-9-5-15-24(22)14-4-7-19-6-3-8-21(16-19)27-17-26-2/h3-13,15-16H,14,17H2,1-2H3. The number of methoxy groups -OCH3 is 1. The predicted molar refractivity (Wildman–Crippen MR) is 107 cm³/mol. The van der Waals surface area contributed by atoms with Gasteiger partial charge >= 0.3 is 0 Å². The SMILES string of the molecule is COCOc1cccc(C=CCn2cccc2C(=O)c2ccc(C)cc2)c1. The normalized spacial score (nSPS) is 11.0. The Morgan fingerprint density at radius 2 is 1.89 bits per heavy atom. The van der Waals surface area contributed by atoms with Crippen LogP contribution in [0.15, 0.2) is 72.9 Å². The summed E-state index contributed by atoms with van der Waals surface area (Å²) in [5.41, 5.74) is 3.55. The summed E-state index contributed by atoms with van der Waals surface area (Å²) in [5.74, 6) is 0.790. The first-order valence-corrected chi connectivity index (χ1v) is 8.82. The molecule has 0 atom stereocenters. The molecule has 138 valence electrons. The fourth-order valence-electron chi connectivity index (χ4n) is 2.77. The van der Waals surface area contributed by atoms with E-state index >= 15 is 0 Å². The van der Waals surface area contributed by atoms with E-state index < -0.39 is 0 Å². The molecule has 0 unspecified atom stereocenters. The lowest BCUT2D eigenvalue weighted by atomic mass is 10.1. The highest BCUT2D eigenvalue weighted by molar-refractivity contribution is 6.08. The molecule has 0 aliphatic heterocycles. The fraction of sp³-hybridized carbons (Fsp3) is 0.174. The molecule has 0 aliphatic carbocycles. The first-order chi connectivity index (χ1) is 13.2. The van der Waals surface area contributed by atoms with Gasteiger partial charge in [0.25, 0.3) is 0 Å². The van der Waals surface area contributed by atoms with E-state index in [1.807, 2.05) is 90.5 Å². The molecular weight excluding hydrogens is 338 g/mol. The minimum atomic E-state index is 0.0309. The number of ketones is 1. The smallest absolute Gasteiger partial charge is 0.209 e. The van der Waals surface area contributed by atoms with Crippen molar-refractivity contribution in [2.24, 2.45) is 0 Å². The first-order valence-electron chi connectivity index (χ1n) is 8.82. The van der Waals surface area contributed by atoms with E-state index in [1.165, 1.54) is 0 Å². The molecule has 0 radical (unpaired) electrons. The van der Waals surface area contributed by atoms with Crippen LogP contribution < -0.4 is 4.74 Å². The molecule has 0 aliphatic rings. The van der Waals surface area contributed by atoms with Gasteiger partial charge in [0.15, 0.2) is 6.79 Å². The third-order valence-electron chi connectivity index (χ3n) is 4.19. The maximum atomic E-state index is 12.7. The summed E-state index contributed by atoms with van der Waals surface area (Å²) in [6.45, 7) is 2.85. The summed E-state index contributed by atoms with van der Waals surface area (Å²) in [4.78, 5) is 12.7. The van der Waals surface area contributed by atoms with Crippen molar-refractivity contribution >= 4 is 11.9 Å². The zero-order chi connectivity index (χ0) is 19.1. The van der Waals surface area contributed by atoms with E-state index in [-0.39, 0.29) is 12.6 Å². The van der Waals surface area contributed by atoms with Gasteiger partial charge in [-0.25, -0.2) is 0 Å². The number of carbonyl (C=O) groups is 1. The Labute approximate surface area is 159 Å². The Hall–Kier alpha value is -3.11. The molecule has 1 heterocycles. The lowest BCUT2D eigenvalue weighted by Crippen LogP contribution is -2.09. The Balaban J connectivity index is 1.69. The van der Waals surface area contributed by atoms with E-state index in [9.17, 15) is 4.79 Å². The third kappa shape index (κ3) is 4.96. The number of hydrogen-bond acceptors (Lipinski definition) is 3. The van der Waals surface area contributed by atoms with E-state index in [0.29, 0.717) is 17.8 Å². The summed E-state index contributed by atoms with van der Waals surface area (Å²) in [6.07, 6.45) is 5.96. The van der Waals surface area contributed by atoms with Crippen LogP contribution >= 0.6 is 0 Å². The molecule has 0 spiro atoms. The Morgan fingerprint density at radius 3 is 2.67 bits per heavy atom. The molecule has 0 fully saturated rings. The van der Waals surface area contributed by atoms with Crippen molar-refractivity contribution in [3.8, 4) is 5.75 Å². The summed E-state index contributed by atoms with van der Waals surface area (Å²) in [5, 5.41) is 0. The predicted octanol–water partition coefficient (Wildman–Crippen LogP) is 4.72. The van der Waals surface area contributed by atoms with Crippen LogP contribution in [-0.2, 0) is 11.3 Å². The highest BCUT2D eigenvalue weighted by Gasteiger charge is 2.12. The number of aromatic nitrogens is 1. The van der Waals surface area contributed by atoms with Gasteiger partial charge in [-0.15, -0.1) is 0 Å². The molecular formula is C23H23NO3. The second-order valence-electron chi connectivity index (χ2n) is 6.27. The molecule has 0 saturated carbocycles. The molecule has 0 N–H and O–H groups in total. The van der Waals surface area contributed by atoms with Gasteiger partial charge in [-0.2, -0.15) is 0 Å². The molecule has 4 nitrogen and oxygen atoms in total. The van der Waals surface area contributed by atoms with Gasteiger partial charge in [-0.3, -0.25) is 4.79 Å². The number of aryl methyl sites for hydroxylation is 1. The third-order valence-corrected chi connectivity index (χ3v) is 4.19. The van der Waals surface area contributed by atoms with Crippen molar-refractivity contribution in [2.75, 3.05) is 13.9 Å². The molecule has 0 bridgehead atoms. The summed E-state index contributed by atoms with van der Waals surface area (Å²) < 4.78 is 12.3. The van der Waals surface area contributed by atoms with E-state index in [1.54, 1.807) is 7.11 Å². The number of benzene rings is 2. The number of hydrogen-bond donors (Lipinski definition) is 0. The minimum absolute atomic E-state index is 0.0309. The molecule has 3 aromatic rings. The fourth-order valence-corrected chi connectivity index (χ4v) is 2.77. The number of ether oxygens (including phenoxy) is 2. The number of carbonyl (C=O) groups excluding carboxylic acids is 1. The zero-order valence-electron chi connectivity index (χ0n) is 15.6. The van der Waals surface area contributed by atoms with Crippen LogP contribution in [0.5, 0.6) is 5.75 Å². The Bertz CT molecular complexity index is 923. The van der Waals surface area contributed by atoms with Crippen molar-refractivity contribution in [1.29, 1.82) is 0 Å². The number of allylic oxidation sites excluding steroid dienone is 1. The highest BCUT2D eigenvalue weighted by atomic mass is 16.7. The summed E-state index contributed by atoms with van der Waals surface area (Å²) >= 11 is 0. The second kappa shape index (κ2) is 9.01. The van der Waals surface area contributed by atoms with E-state index in [0.717, 1.165) is 16.9 Å². The lowest BCUT2D eigenvalue weighted by molar-refractivity contribution is 0.0511. The average molecular weight is 361 g/mol. The van der Waals surface area contributed by atoms with Crippen LogP contribution in [0, 0.1) is 6.92 Å². The first kappa shape index (κ1) is 18.7. The lowest BCUT2D eigenvalue weighted by Gasteiger charge is -2.07. The monoisotopic (exact) mass is 361 g/mol. The van der Waals surface area contributed by atoms with Gasteiger partial charge in [0, 0.05) is 25.4 Å². The van der Waals surface area contributed by atoms with Crippen LogP contribution in [0.1, 0.15) is 27.2 Å². The maximum Gasteiger partial charge on any atom is 0.209 e. The van der Waals surface area contributed by atoms with E-state index in [2.05, 4.69) is 0 Å². The van der Waals surface area contributed by atoms with Gasteiger partial charge in [0.1, 0.15) is 5.75 Å². The number of rotatable bonds is 8. The maximum absolute atomic E-state index is 12.7. The van der Waals surface area contributed by atoms with Crippen molar-refractivity contribution in [2.45, 2.75) is 13.5 Å². The average Bonchev–Trinajstić information content (AvgIpc) is 3.15. The second-order valence-corrected chi connectivity index (χ2v) is 6.27. The van der Waals surface area contributed by atoms with Crippen molar-refractivity contribution in [1.82, 2.24) is 4.57 Å². The zero-order valence-corrected chi connectivity index (χ0v) is 15.6. The Kier molecular flexibility index (Phi) is 6.23. The summed E-state index contributed by atoms with van der Waals surface area (Å²) in [6, 6.07) is 19.2. The van der Waals surface area contributed by atoms with Gasteiger partial charge < -0.3 is 14.0 Å².